The van der Waals surface area contributed by atoms with Gasteiger partial charge in [-0.3, -0.25) is 4.98 Å². The van der Waals surface area contributed by atoms with Gasteiger partial charge in [-0.1, -0.05) is 62.6 Å². The highest BCUT2D eigenvalue weighted by Gasteiger charge is 2.12. The molecule has 28 heavy (non-hydrogen) atoms. The number of rotatable bonds is 7. The highest BCUT2D eigenvalue weighted by molar-refractivity contribution is 5.74. The van der Waals surface area contributed by atoms with Crippen molar-refractivity contribution in [2.45, 2.75) is 20.3 Å². The van der Waals surface area contributed by atoms with Gasteiger partial charge in [0.2, 0.25) is 0 Å². The number of aromatic nitrogens is 1. The van der Waals surface area contributed by atoms with Gasteiger partial charge in [0.1, 0.15) is 0 Å². The molecule has 3 aromatic rings. The van der Waals surface area contributed by atoms with Crippen molar-refractivity contribution in [2.24, 2.45) is 0 Å². The lowest BCUT2D eigenvalue weighted by Gasteiger charge is -2.25. The summed E-state index contributed by atoms with van der Waals surface area (Å²) < 4.78 is 0. The van der Waals surface area contributed by atoms with E-state index >= 15 is 0 Å². The SMILES string of the molecule is C=CC(=C)N(c1ccccc1)c1cccc(-c2cc(C)c(/C=C\CC)cn2)c1. The fourth-order valence-corrected chi connectivity index (χ4v) is 3.10. The number of para-hydroxylation sites is 1. The van der Waals surface area contributed by atoms with E-state index in [2.05, 4.69) is 91.5 Å². The summed E-state index contributed by atoms with van der Waals surface area (Å²) >= 11 is 0. The molecule has 0 atom stereocenters. The largest absolute Gasteiger partial charge is 0.311 e. The molecule has 3 rings (SSSR count). The van der Waals surface area contributed by atoms with E-state index in [1.807, 2.05) is 24.4 Å². The maximum absolute atomic E-state index is 4.69. The van der Waals surface area contributed by atoms with Crippen LogP contribution in [0.25, 0.3) is 17.3 Å². The summed E-state index contributed by atoms with van der Waals surface area (Å²) in [6.07, 6.45) is 9.03. The Morgan fingerprint density at radius 3 is 2.46 bits per heavy atom. The van der Waals surface area contributed by atoms with Crippen molar-refractivity contribution in [2.75, 3.05) is 4.90 Å². The van der Waals surface area contributed by atoms with E-state index in [9.17, 15) is 0 Å². The van der Waals surface area contributed by atoms with Crippen LogP contribution in [-0.4, -0.2) is 4.98 Å². The normalized spacial score (nSPS) is 10.8. The lowest BCUT2D eigenvalue weighted by molar-refractivity contribution is 1.21. The average molecular weight is 367 g/mol. The summed E-state index contributed by atoms with van der Waals surface area (Å²) in [5.41, 5.74) is 7.32. The Bertz CT molecular complexity index is 1000. The summed E-state index contributed by atoms with van der Waals surface area (Å²) in [5, 5.41) is 0. The van der Waals surface area contributed by atoms with Gasteiger partial charge in [-0.05, 0) is 60.9 Å². The van der Waals surface area contributed by atoms with Crippen molar-refractivity contribution >= 4 is 17.5 Å². The molecule has 0 aliphatic rings. The second kappa shape index (κ2) is 9.01. The van der Waals surface area contributed by atoms with E-state index in [0.29, 0.717) is 0 Å². The maximum Gasteiger partial charge on any atom is 0.0705 e. The van der Waals surface area contributed by atoms with Crippen LogP contribution in [0.15, 0.2) is 97.9 Å². The van der Waals surface area contributed by atoms with Crippen molar-refractivity contribution in [1.29, 1.82) is 0 Å². The minimum absolute atomic E-state index is 0.826. The van der Waals surface area contributed by atoms with Crippen LogP contribution >= 0.6 is 0 Å². The molecule has 0 spiro atoms. The molecule has 0 fully saturated rings. The zero-order valence-electron chi connectivity index (χ0n) is 16.6. The summed E-state index contributed by atoms with van der Waals surface area (Å²) in [6, 6.07) is 20.7. The van der Waals surface area contributed by atoms with Crippen LogP contribution in [0.3, 0.4) is 0 Å². The topological polar surface area (TPSA) is 16.1 Å². The molecule has 0 aliphatic heterocycles. The first-order valence-corrected chi connectivity index (χ1v) is 9.54. The zero-order chi connectivity index (χ0) is 19.9. The van der Waals surface area contributed by atoms with Gasteiger partial charge >= 0.3 is 0 Å². The maximum atomic E-state index is 4.69. The minimum Gasteiger partial charge on any atom is -0.311 e. The summed E-state index contributed by atoms with van der Waals surface area (Å²) in [4.78, 5) is 6.79. The van der Waals surface area contributed by atoms with Gasteiger partial charge in [0.25, 0.3) is 0 Å². The Labute approximate surface area is 168 Å². The fourth-order valence-electron chi connectivity index (χ4n) is 3.10. The average Bonchev–Trinajstić information content (AvgIpc) is 2.74. The Morgan fingerprint density at radius 2 is 1.79 bits per heavy atom. The molecule has 0 saturated carbocycles. The van der Waals surface area contributed by atoms with E-state index < -0.39 is 0 Å². The minimum atomic E-state index is 0.826. The van der Waals surface area contributed by atoms with E-state index in [1.54, 1.807) is 6.08 Å². The van der Waals surface area contributed by atoms with Gasteiger partial charge in [-0.15, -0.1) is 0 Å². The molecule has 0 aliphatic carbocycles. The monoisotopic (exact) mass is 366 g/mol. The summed E-state index contributed by atoms with van der Waals surface area (Å²) in [5.74, 6) is 0. The molecule has 2 aromatic carbocycles. The molecule has 1 aromatic heterocycles. The van der Waals surface area contributed by atoms with Crippen molar-refractivity contribution in [3.05, 3.63) is 109 Å². The first-order valence-electron chi connectivity index (χ1n) is 9.54. The quantitative estimate of drug-likeness (QED) is 0.407. The van der Waals surface area contributed by atoms with Gasteiger partial charge in [0, 0.05) is 28.8 Å². The molecule has 0 amide bonds. The zero-order valence-corrected chi connectivity index (χ0v) is 16.6. The standard InChI is InChI=1S/C26H26N2/c1-5-7-12-23-19-27-26(17-20(23)3)22-13-11-16-25(18-22)28(21(4)6-2)24-14-9-8-10-15-24/h6-19H,2,4-5H2,1,3H3/b12-7-. The Kier molecular flexibility index (Phi) is 6.23. The Morgan fingerprint density at radius 1 is 1.04 bits per heavy atom. The van der Waals surface area contributed by atoms with E-state index in [0.717, 1.165) is 40.3 Å². The highest BCUT2D eigenvalue weighted by atomic mass is 15.1. The first kappa shape index (κ1) is 19.4. The molecule has 0 N–H and O–H groups in total. The van der Waals surface area contributed by atoms with Crippen LogP contribution in [0.4, 0.5) is 11.4 Å². The number of hydrogen-bond donors (Lipinski definition) is 0. The van der Waals surface area contributed by atoms with E-state index in [1.165, 1.54) is 5.56 Å². The molecule has 0 unspecified atom stereocenters. The van der Waals surface area contributed by atoms with Crippen molar-refractivity contribution < 1.29 is 0 Å². The number of nitrogens with zero attached hydrogens (tertiary/aromatic N) is 2. The smallest absolute Gasteiger partial charge is 0.0705 e. The Hall–Kier alpha value is -3.39. The molecule has 0 saturated heterocycles. The molecule has 0 radical (unpaired) electrons. The second-order valence-corrected chi connectivity index (χ2v) is 6.65. The van der Waals surface area contributed by atoms with Crippen LogP contribution in [0.2, 0.25) is 0 Å². The lowest BCUT2D eigenvalue weighted by Crippen LogP contribution is -2.14. The van der Waals surface area contributed by atoms with E-state index in [-0.39, 0.29) is 0 Å². The van der Waals surface area contributed by atoms with Crippen LogP contribution in [0.5, 0.6) is 0 Å². The van der Waals surface area contributed by atoms with Gasteiger partial charge in [0.05, 0.1) is 5.69 Å². The van der Waals surface area contributed by atoms with Gasteiger partial charge < -0.3 is 4.90 Å². The lowest BCUT2D eigenvalue weighted by atomic mass is 10.0. The number of benzene rings is 2. The number of anilines is 2. The van der Waals surface area contributed by atoms with Crippen molar-refractivity contribution in [3.8, 4) is 11.3 Å². The number of pyridine rings is 1. The van der Waals surface area contributed by atoms with Crippen molar-refractivity contribution in [1.82, 2.24) is 4.98 Å². The van der Waals surface area contributed by atoms with Crippen molar-refractivity contribution in [3.63, 3.8) is 0 Å². The van der Waals surface area contributed by atoms with Crippen LogP contribution in [-0.2, 0) is 0 Å². The number of allylic oxidation sites excluding steroid dienone is 2. The Balaban J connectivity index is 2.01. The van der Waals surface area contributed by atoms with Crippen LogP contribution in [0.1, 0.15) is 24.5 Å². The van der Waals surface area contributed by atoms with E-state index in [4.69, 9.17) is 0 Å². The van der Waals surface area contributed by atoms with Gasteiger partial charge in [-0.25, -0.2) is 0 Å². The molecular weight excluding hydrogens is 340 g/mol. The molecular formula is C26H26N2. The van der Waals surface area contributed by atoms with Gasteiger partial charge in [0.15, 0.2) is 0 Å². The number of aryl methyl sites for hydroxylation is 1. The van der Waals surface area contributed by atoms with Gasteiger partial charge in [-0.2, -0.15) is 0 Å². The molecule has 2 heteroatoms. The molecule has 140 valence electrons. The third-order valence-corrected chi connectivity index (χ3v) is 4.62. The predicted octanol–water partition coefficient (Wildman–Crippen LogP) is 7.32. The molecule has 0 bridgehead atoms. The third-order valence-electron chi connectivity index (χ3n) is 4.62. The summed E-state index contributed by atoms with van der Waals surface area (Å²) in [6.45, 7) is 12.3. The molecule has 2 nitrogen and oxygen atoms in total. The first-order chi connectivity index (χ1) is 13.6. The van der Waals surface area contributed by atoms with Crippen LogP contribution in [0, 0.1) is 6.92 Å². The summed E-state index contributed by atoms with van der Waals surface area (Å²) in [7, 11) is 0. The number of hydrogen-bond acceptors (Lipinski definition) is 2. The molecule has 1 heterocycles. The predicted molar refractivity (Wildman–Crippen MR) is 122 cm³/mol. The van der Waals surface area contributed by atoms with Crippen LogP contribution < -0.4 is 4.90 Å². The third kappa shape index (κ3) is 4.29. The highest BCUT2D eigenvalue weighted by Crippen LogP contribution is 2.32. The fraction of sp³-hybridized carbons (Fsp3) is 0.115. The second-order valence-electron chi connectivity index (χ2n) is 6.65.